The Bertz CT molecular complexity index is 283. The molecule has 1 aromatic carbocycles. The number of hydrogen-bond acceptors (Lipinski definition) is 1. The predicted molar refractivity (Wildman–Crippen MR) is 60.4 cm³/mol. The maximum absolute atomic E-state index is 3.52. The molecule has 0 unspecified atom stereocenters. The lowest BCUT2D eigenvalue weighted by molar-refractivity contribution is 0.687. The Balaban J connectivity index is 1.91. The van der Waals surface area contributed by atoms with Crippen molar-refractivity contribution >= 4 is 0 Å². The average Bonchev–Trinajstić information content (AvgIpc) is 2.99. The Morgan fingerprint density at radius 3 is 2.36 bits per heavy atom. The lowest BCUT2D eigenvalue weighted by Crippen LogP contribution is -2.15. The molecular formula is C13H19N. The fraction of sp³-hybridized carbons (Fsp3) is 0.538. The number of benzene rings is 1. The van der Waals surface area contributed by atoms with Gasteiger partial charge in [-0.15, -0.1) is 0 Å². The van der Waals surface area contributed by atoms with E-state index in [1.807, 2.05) is 0 Å². The quantitative estimate of drug-likeness (QED) is 0.767. The van der Waals surface area contributed by atoms with E-state index in [1.54, 1.807) is 0 Å². The van der Waals surface area contributed by atoms with Crippen LogP contribution in [0, 0.1) is 0 Å². The summed E-state index contributed by atoms with van der Waals surface area (Å²) in [6, 6.07) is 9.78. The molecule has 1 fully saturated rings. The third kappa shape index (κ3) is 2.58. The molecule has 1 aliphatic carbocycles. The van der Waals surface area contributed by atoms with E-state index >= 15 is 0 Å². The van der Waals surface area contributed by atoms with Gasteiger partial charge in [0.25, 0.3) is 0 Å². The summed E-state index contributed by atoms with van der Waals surface area (Å²) in [6.45, 7) is 5.50. The fourth-order valence-electron chi connectivity index (χ4n) is 1.57. The lowest BCUT2D eigenvalue weighted by Gasteiger charge is -2.07. The molecule has 1 aromatic rings. The number of nitrogens with one attached hydrogen (secondary N) is 1. The van der Waals surface area contributed by atoms with Crippen molar-refractivity contribution in [3.05, 3.63) is 35.4 Å². The molecular weight excluding hydrogens is 170 g/mol. The fourth-order valence-corrected chi connectivity index (χ4v) is 1.57. The van der Waals surface area contributed by atoms with E-state index in [4.69, 9.17) is 0 Å². The second kappa shape index (κ2) is 4.14. The first-order valence-electron chi connectivity index (χ1n) is 5.58. The van der Waals surface area contributed by atoms with Crippen LogP contribution in [-0.4, -0.2) is 6.04 Å². The van der Waals surface area contributed by atoms with E-state index in [-0.39, 0.29) is 0 Å². The highest BCUT2D eigenvalue weighted by molar-refractivity contribution is 5.24. The largest absolute Gasteiger partial charge is 0.310 e. The lowest BCUT2D eigenvalue weighted by atomic mass is 10.0. The zero-order valence-corrected chi connectivity index (χ0v) is 9.09. The van der Waals surface area contributed by atoms with Gasteiger partial charge < -0.3 is 5.32 Å². The molecule has 1 aliphatic rings. The van der Waals surface area contributed by atoms with Crippen molar-refractivity contribution in [2.24, 2.45) is 0 Å². The first-order valence-corrected chi connectivity index (χ1v) is 5.58. The molecule has 0 radical (unpaired) electrons. The van der Waals surface area contributed by atoms with Gasteiger partial charge in [-0.25, -0.2) is 0 Å². The normalized spacial score (nSPS) is 16.2. The molecule has 14 heavy (non-hydrogen) atoms. The molecule has 1 heteroatoms. The van der Waals surface area contributed by atoms with Crippen molar-refractivity contribution in [1.29, 1.82) is 0 Å². The molecule has 0 aliphatic heterocycles. The smallest absolute Gasteiger partial charge is 0.0208 e. The van der Waals surface area contributed by atoms with Gasteiger partial charge in [-0.3, -0.25) is 0 Å². The first-order chi connectivity index (χ1) is 6.75. The molecule has 0 saturated heterocycles. The first kappa shape index (κ1) is 9.72. The maximum Gasteiger partial charge on any atom is 0.0208 e. The molecule has 0 bridgehead atoms. The molecule has 0 heterocycles. The van der Waals surface area contributed by atoms with Gasteiger partial charge in [-0.1, -0.05) is 38.1 Å². The van der Waals surface area contributed by atoms with Crippen LogP contribution in [0.2, 0.25) is 0 Å². The Morgan fingerprint density at radius 1 is 1.21 bits per heavy atom. The van der Waals surface area contributed by atoms with Crippen LogP contribution < -0.4 is 5.32 Å². The minimum Gasteiger partial charge on any atom is -0.310 e. The van der Waals surface area contributed by atoms with Gasteiger partial charge in [0.05, 0.1) is 0 Å². The van der Waals surface area contributed by atoms with Gasteiger partial charge in [-0.05, 0) is 29.9 Å². The zero-order valence-electron chi connectivity index (χ0n) is 9.09. The van der Waals surface area contributed by atoms with Gasteiger partial charge in [0, 0.05) is 12.6 Å². The summed E-state index contributed by atoms with van der Waals surface area (Å²) in [4.78, 5) is 0. The summed E-state index contributed by atoms with van der Waals surface area (Å²) in [5, 5.41) is 3.52. The topological polar surface area (TPSA) is 12.0 Å². The van der Waals surface area contributed by atoms with Crippen molar-refractivity contribution in [1.82, 2.24) is 5.32 Å². The number of hydrogen-bond donors (Lipinski definition) is 1. The van der Waals surface area contributed by atoms with Crippen molar-refractivity contribution < 1.29 is 0 Å². The molecule has 0 aromatic heterocycles. The Hall–Kier alpha value is -0.820. The van der Waals surface area contributed by atoms with Gasteiger partial charge in [-0.2, -0.15) is 0 Å². The van der Waals surface area contributed by atoms with Crippen LogP contribution in [0.15, 0.2) is 24.3 Å². The van der Waals surface area contributed by atoms with E-state index in [1.165, 1.54) is 24.0 Å². The van der Waals surface area contributed by atoms with Crippen LogP contribution in [0.4, 0.5) is 0 Å². The molecule has 0 amide bonds. The second-order valence-electron chi connectivity index (χ2n) is 4.55. The summed E-state index contributed by atoms with van der Waals surface area (Å²) in [7, 11) is 0. The molecule has 1 nitrogen and oxygen atoms in total. The Labute approximate surface area is 86.5 Å². The van der Waals surface area contributed by atoms with E-state index in [0.29, 0.717) is 5.92 Å². The minimum atomic E-state index is 0.639. The van der Waals surface area contributed by atoms with Crippen molar-refractivity contribution in [2.75, 3.05) is 0 Å². The van der Waals surface area contributed by atoms with E-state index in [9.17, 15) is 0 Å². The molecule has 2 rings (SSSR count). The molecule has 76 valence electrons. The van der Waals surface area contributed by atoms with Crippen molar-refractivity contribution in [3.63, 3.8) is 0 Å². The van der Waals surface area contributed by atoms with Crippen molar-refractivity contribution in [3.8, 4) is 0 Å². The summed E-state index contributed by atoms with van der Waals surface area (Å²) in [5.41, 5.74) is 2.83. The van der Waals surface area contributed by atoms with Gasteiger partial charge in [0.15, 0.2) is 0 Å². The maximum atomic E-state index is 3.52. The van der Waals surface area contributed by atoms with Crippen LogP contribution in [0.5, 0.6) is 0 Å². The highest BCUT2D eigenvalue weighted by Gasteiger charge is 2.19. The summed E-state index contributed by atoms with van der Waals surface area (Å²) < 4.78 is 0. The standard InChI is InChI=1S/C13H19N/c1-10(2)12-5-3-11(4-6-12)9-14-13-7-8-13/h3-6,10,13-14H,7-9H2,1-2H3. The van der Waals surface area contributed by atoms with Crippen LogP contribution in [-0.2, 0) is 6.54 Å². The Morgan fingerprint density at radius 2 is 1.86 bits per heavy atom. The SMILES string of the molecule is CC(C)c1ccc(CNC2CC2)cc1. The van der Waals surface area contributed by atoms with Crippen molar-refractivity contribution in [2.45, 2.75) is 45.2 Å². The van der Waals surface area contributed by atoms with Crippen LogP contribution in [0.25, 0.3) is 0 Å². The molecule has 1 N–H and O–H groups in total. The van der Waals surface area contributed by atoms with E-state index < -0.39 is 0 Å². The Kier molecular flexibility index (Phi) is 2.87. The van der Waals surface area contributed by atoms with E-state index in [0.717, 1.165) is 12.6 Å². The van der Waals surface area contributed by atoms with Crippen LogP contribution in [0.1, 0.15) is 43.7 Å². The van der Waals surface area contributed by atoms with E-state index in [2.05, 4.69) is 43.4 Å². The second-order valence-corrected chi connectivity index (χ2v) is 4.55. The van der Waals surface area contributed by atoms with Gasteiger partial charge in [0.1, 0.15) is 0 Å². The van der Waals surface area contributed by atoms with Gasteiger partial charge in [0.2, 0.25) is 0 Å². The monoisotopic (exact) mass is 189 g/mol. The van der Waals surface area contributed by atoms with Gasteiger partial charge >= 0.3 is 0 Å². The number of rotatable bonds is 4. The summed E-state index contributed by atoms with van der Waals surface area (Å²) in [6.07, 6.45) is 2.73. The predicted octanol–water partition coefficient (Wildman–Crippen LogP) is 3.06. The van der Waals surface area contributed by atoms with Crippen LogP contribution in [0.3, 0.4) is 0 Å². The molecule has 0 atom stereocenters. The highest BCUT2D eigenvalue weighted by atomic mass is 14.9. The average molecular weight is 189 g/mol. The molecule has 0 spiro atoms. The minimum absolute atomic E-state index is 0.639. The summed E-state index contributed by atoms with van der Waals surface area (Å²) in [5.74, 6) is 0.639. The highest BCUT2D eigenvalue weighted by Crippen LogP contribution is 2.20. The molecule has 1 saturated carbocycles. The summed E-state index contributed by atoms with van der Waals surface area (Å²) >= 11 is 0. The third-order valence-corrected chi connectivity index (χ3v) is 2.82. The third-order valence-electron chi connectivity index (χ3n) is 2.82. The zero-order chi connectivity index (χ0) is 9.97. The van der Waals surface area contributed by atoms with Crippen LogP contribution >= 0.6 is 0 Å².